The normalized spacial score (nSPS) is 11.6. The molecule has 0 saturated carbocycles. The van der Waals surface area contributed by atoms with Gasteiger partial charge in [-0.05, 0) is 19.3 Å². The smallest absolute Gasteiger partial charge is 0.407 e. The van der Waals surface area contributed by atoms with Gasteiger partial charge in [0.15, 0.2) is 0 Å². The highest BCUT2D eigenvalue weighted by Gasteiger charge is 2.18. The van der Waals surface area contributed by atoms with Crippen molar-refractivity contribution in [2.45, 2.75) is 161 Å². The first kappa shape index (κ1) is 37.0. The van der Waals surface area contributed by atoms with Crippen LogP contribution in [0.5, 0.6) is 0 Å². The molecule has 0 aliphatic heterocycles. The van der Waals surface area contributed by atoms with E-state index in [-0.39, 0.29) is 19.4 Å². The van der Waals surface area contributed by atoms with Crippen LogP contribution in [0.15, 0.2) is 0 Å². The average Bonchev–Trinajstić information content (AvgIpc) is 2.91. The summed E-state index contributed by atoms with van der Waals surface area (Å²) in [4.78, 5) is 35.1. The lowest BCUT2D eigenvalue weighted by Gasteiger charge is -2.18. The maximum absolute atomic E-state index is 12.2. The fourth-order valence-corrected chi connectivity index (χ4v) is 4.48. The highest BCUT2D eigenvalue weighted by atomic mass is 16.6. The monoisotopic (exact) mass is 556 g/mol. The highest BCUT2D eigenvalue weighted by molar-refractivity contribution is 5.69. The summed E-state index contributed by atoms with van der Waals surface area (Å²) in [6.07, 6.45) is 22.4. The van der Waals surface area contributed by atoms with Crippen molar-refractivity contribution in [1.82, 2.24) is 10.6 Å². The van der Waals surface area contributed by atoms with Crippen LogP contribution >= 0.6 is 0 Å². The Morgan fingerprint density at radius 2 is 0.974 bits per heavy atom. The van der Waals surface area contributed by atoms with Crippen molar-refractivity contribution >= 4 is 18.2 Å². The Morgan fingerprint density at radius 1 is 0.590 bits per heavy atom. The van der Waals surface area contributed by atoms with Gasteiger partial charge >= 0.3 is 18.2 Å². The Bertz CT molecular complexity index is 587. The van der Waals surface area contributed by atoms with Crippen molar-refractivity contribution in [2.24, 2.45) is 0 Å². The molecular weight excluding hydrogens is 496 g/mol. The molecule has 0 aromatic rings. The van der Waals surface area contributed by atoms with Gasteiger partial charge in [0.1, 0.15) is 12.7 Å². The topological polar surface area (TPSA) is 114 Å². The molecule has 0 aliphatic rings. The van der Waals surface area contributed by atoms with E-state index in [4.69, 9.17) is 14.6 Å². The maximum Gasteiger partial charge on any atom is 0.407 e. The molecule has 0 aliphatic carbocycles. The number of hydrogen-bond donors (Lipinski definition) is 3. The number of alkyl carbamates (subject to hydrolysis) is 2. The first-order valence-electron chi connectivity index (χ1n) is 16.1. The van der Waals surface area contributed by atoms with Gasteiger partial charge in [0.05, 0.1) is 0 Å². The van der Waals surface area contributed by atoms with E-state index in [2.05, 4.69) is 24.5 Å². The molecule has 1 unspecified atom stereocenters. The molecule has 0 aromatic carbocycles. The molecule has 0 aromatic heterocycles. The molecule has 0 heterocycles. The van der Waals surface area contributed by atoms with Crippen LogP contribution in [-0.2, 0) is 14.3 Å². The van der Waals surface area contributed by atoms with Gasteiger partial charge in [-0.25, -0.2) is 9.59 Å². The molecule has 0 radical (unpaired) electrons. The molecule has 0 fully saturated rings. The lowest BCUT2D eigenvalue weighted by molar-refractivity contribution is -0.137. The van der Waals surface area contributed by atoms with E-state index in [9.17, 15) is 14.4 Å². The van der Waals surface area contributed by atoms with Crippen LogP contribution in [0.3, 0.4) is 0 Å². The average molecular weight is 557 g/mol. The van der Waals surface area contributed by atoms with E-state index in [0.717, 1.165) is 32.1 Å². The summed E-state index contributed by atoms with van der Waals surface area (Å²) >= 11 is 0. The fourth-order valence-electron chi connectivity index (χ4n) is 4.48. The van der Waals surface area contributed by atoms with Gasteiger partial charge in [0, 0.05) is 19.5 Å². The Morgan fingerprint density at radius 3 is 1.38 bits per heavy atom. The van der Waals surface area contributed by atoms with E-state index in [0.29, 0.717) is 13.1 Å². The molecule has 39 heavy (non-hydrogen) atoms. The second-order valence-corrected chi connectivity index (χ2v) is 10.8. The van der Waals surface area contributed by atoms with Gasteiger partial charge in [-0.15, -0.1) is 0 Å². The van der Waals surface area contributed by atoms with Crippen molar-refractivity contribution in [1.29, 1.82) is 0 Å². The maximum atomic E-state index is 12.2. The summed E-state index contributed by atoms with van der Waals surface area (Å²) < 4.78 is 10.5. The zero-order valence-corrected chi connectivity index (χ0v) is 25.2. The lowest BCUT2D eigenvalue weighted by Crippen LogP contribution is -2.34. The molecule has 3 N–H and O–H groups in total. The molecule has 8 nitrogen and oxygen atoms in total. The number of ether oxygens (including phenoxy) is 2. The summed E-state index contributed by atoms with van der Waals surface area (Å²) in [6.45, 7) is 5.35. The zero-order valence-electron chi connectivity index (χ0n) is 25.2. The second-order valence-electron chi connectivity index (χ2n) is 10.8. The van der Waals surface area contributed by atoms with Crippen molar-refractivity contribution in [3.8, 4) is 0 Å². The molecule has 0 saturated heterocycles. The molecule has 230 valence electrons. The number of carboxylic acids is 1. The molecule has 8 heteroatoms. The standard InChI is InChI=1S/C31H60N2O6/c1-3-5-7-9-11-13-15-17-19-21-25-32-30(36)38-27-28(23-24-29(34)35)39-31(37)33-26-22-20-18-16-14-12-10-8-6-4-2/h28H,3-27H2,1-2H3,(H,32,36)(H,33,37)(H,34,35). The van der Waals surface area contributed by atoms with Crippen molar-refractivity contribution in [2.75, 3.05) is 19.7 Å². The number of carbonyl (C=O) groups excluding carboxylic acids is 2. The van der Waals surface area contributed by atoms with Crippen LogP contribution in [0.25, 0.3) is 0 Å². The summed E-state index contributed by atoms with van der Waals surface area (Å²) in [5.41, 5.74) is 0. The number of unbranched alkanes of at least 4 members (excludes halogenated alkanes) is 18. The number of hydrogen-bond acceptors (Lipinski definition) is 5. The predicted molar refractivity (Wildman–Crippen MR) is 158 cm³/mol. The second kappa shape index (κ2) is 29.0. The zero-order chi connectivity index (χ0) is 28.8. The number of carboxylic acid groups (broad SMARTS) is 1. The largest absolute Gasteiger partial charge is 0.481 e. The first-order chi connectivity index (χ1) is 19.0. The van der Waals surface area contributed by atoms with E-state index in [1.807, 2.05) is 0 Å². The number of aliphatic carboxylic acids is 1. The minimum absolute atomic E-state index is 0.0900. The van der Waals surface area contributed by atoms with Crippen molar-refractivity contribution < 1.29 is 29.0 Å². The Balaban J connectivity index is 3.90. The van der Waals surface area contributed by atoms with Gasteiger partial charge in [-0.3, -0.25) is 4.79 Å². The quantitative estimate of drug-likeness (QED) is 0.0832. The summed E-state index contributed by atoms with van der Waals surface area (Å²) in [7, 11) is 0. The number of nitrogens with one attached hydrogen (secondary N) is 2. The molecule has 0 rings (SSSR count). The number of carbonyl (C=O) groups is 3. The summed E-state index contributed by atoms with van der Waals surface area (Å²) in [5, 5.41) is 14.4. The predicted octanol–water partition coefficient (Wildman–Crippen LogP) is 8.51. The SMILES string of the molecule is CCCCCCCCCCCCNC(=O)OCC(CCC(=O)O)OC(=O)NCCCCCCCCCCCC. The van der Waals surface area contributed by atoms with Crippen LogP contribution in [0.4, 0.5) is 9.59 Å². The van der Waals surface area contributed by atoms with Crippen LogP contribution in [0, 0.1) is 0 Å². The minimum atomic E-state index is -0.986. The van der Waals surface area contributed by atoms with E-state index in [1.165, 1.54) is 96.3 Å². The van der Waals surface area contributed by atoms with E-state index in [1.54, 1.807) is 0 Å². The van der Waals surface area contributed by atoms with Crippen molar-refractivity contribution in [3.63, 3.8) is 0 Å². The number of rotatable bonds is 28. The Labute approximate surface area is 238 Å². The fraction of sp³-hybridized carbons (Fsp3) is 0.903. The minimum Gasteiger partial charge on any atom is -0.481 e. The van der Waals surface area contributed by atoms with Gasteiger partial charge in [-0.1, -0.05) is 129 Å². The molecule has 0 bridgehead atoms. The first-order valence-corrected chi connectivity index (χ1v) is 16.1. The molecular formula is C31H60N2O6. The molecule has 2 amide bonds. The Hall–Kier alpha value is -1.99. The third kappa shape index (κ3) is 28.8. The Kier molecular flexibility index (Phi) is 27.5. The van der Waals surface area contributed by atoms with Crippen molar-refractivity contribution in [3.05, 3.63) is 0 Å². The third-order valence-corrected chi connectivity index (χ3v) is 6.95. The summed E-state index contributed by atoms with van der Waals surface area (Å²) in [5.74, 6) is -0.986. The lowest BCUT2D eigenvalue weighted by atomic mass is 10.1. The van der Waals surface area contributed by atoms with Gasteiger partial charge in [-0.2, -0.15) is 0 Å². The van der Waals surface area contributed by atoms with Crippen LogP contribution in [-0.4, -0.2) is 49.1 Å². The number of amides is 2. The van der Waals surface area contributed by atoms with Gasteiger partial charge < -0.3 is 25.2 Å². The highest BCUT2D eigenvalue weighted by Crippen LogP contribution is 2.11. The summed E-state index contributed by atoms with van der Waals surface area (Å²) in [6, 6.07) is 0. The molecule has 0 spiro atoms. The van der Waals surface area contributed by atoms with Crippen LogP contribution in [0.1, 0.15) is 155 Å². The van der Waals surface area contributed by atoms with Crippen LogP contribution in [0.2, 0.25) is 0 Å². The third-order valence-electron chi connectivity index (χ3n) is 6.95. The van der Waals surface area contributed by atoms with Gasteiger partial charge in [0.2, 0.25) is 0 Å². The van der Waals surface area contributed by atoms with Gasteiger partial charge in [0.25, 0.3) is 0 Å². The van der Waals surface area contributed by atoms with Crippen LogP contribution < -0.4 is 10.6 Å². The van der Waals surface area contributed by atoms with E-state index < -0.39 is 24.3 Å². The molecule has 1 atom stereocenters. The van der Waals surface area contributed by atoms with E-state index >= 15 is 0 Å².